The molecule has 2 atom stereocenters. The molecule has 4 nitrogen and oxygen atoms in total. The number of carbonyl (C=O) groups excluding carboxylic acids is 1. The number of hydrogen-bond donors (Lipinski definition) is 0. The summed E-state index contributed by atoms with van der Waals surface area (Å²) in [5, 5.41) is 0. The Morgan fingerprint density at radius 1 is 1.09 bits per heavy atom. The van der Waals surface area contributed by atoms with Crippen LogP contribution in [0.5, 0.6) is 0 Å². The Kier molecular flexibility index (Phi) is 7.50. The summed E-state index contributed by atoms with van der Waals surface area (Å²) in [7, 11) is 1.29. The Morgan fingerprint density at radius 3 is 2.31 bits per heavy atom. The minimum Gasteiger partial charge on any atom is -0.465 e. The summed E-state index contributed by atoms with van der Waals surface area (Å²) >= 11 is 0. The van der Waals surface area contributed by atoms with E-state index in [1.54, 1.807) is 24.3 Å². The van der Waals surface area contributed by atoms with E-state index in [-0.39, 0.29) is 25.2 Å². The molecule has 3 rings (SSSR count). The first-order valence-electron chi connectivity index (χ1n) is 9.90. The van der Waals surface area contributed by atoms with E-state index < -0.39 is 23.8 Å². The molecule has 1 heterocycles. The lowest BCUT2D eigenvalue weighted by molar-refractivity contribution is -0.137. The van der Waals surface area contributed by atoms with Crippen molar-refractivity contribution in [1.82, 2.24) is 0 Å². The number of esters is 1. The summed E-state index contributed by atoms with van der Waals surface area (Å²) in [6, 6.07) is 11.6. The van der Waals surface area contributed by atoms with Crippen LogP contribution >= 0.6 is 0 Å². The third-order valence-corrected chi connectivity index (χ3v) is 5.41. The van der Waals surface area contributed by atoms with Crippen molar-refractivity contribution in [2.75, 3.05) is 31.8 Å². The molecule has 0 radical (unpaired) electrons. The highest BCUT2D eigenvalue weighted by atomic mass is 19.4. The van der Waals surface area contributed by atoms with Crippen molar-refractivity contribution >= 4 is 11.7 Å². The molecule has 1 aliphatic heterocycles. The minimum absolute atomic E-state index is 0.0698. The third-order valence-electron chi connectivity index (χ3n) is 5.41. The van der Waals surface area contributed by atoms with Crippen molar-refractivity contribution in [2.24, 2.45) is 0 Å². The number of alkyl halides is 3. The van der Waals surface area contributed by atoms with Crippen LogP contribution in [0.15, 0.2) is 60.7 Å². The molecule has 0 amide bonds. The van der Waals surface area contributed by atoms with Crippen molar-refractivity contribution in [3.63, 3.8) is 0 Å². The third kappa shape index (κ3) is 5.85. The van der Waals surface area contributed by atoms with E-state index >= 15 is 0 Å². The topological polar surface area (TPSA) is 38.8 Å². The number of halogens is 5. The molecule has 1 saturated heterocycles. The van der Waals surface area contributed by atoms with Gasteiger partial charge in [0.15, 0.2) is 0 Å². The predicted octanol–water partition coefficient (Wildman–Crippen LogP) is 5.65. The number of ether oxygens (including phenoxy) is 2. The minimum atomic E-state index is -4.41. The van der Waals surface area contributed by atoms with E-state index in [9.17, 15) is 26.7 Å². The van der Waals surface area contributed by atoms with Crippen molar-refractivity contribution in [2.45, 2.75) is 24.6 Å². The average molecular weight is 455 g/mol. The van der Waals surface area contributed by atoms with Crippen LogP contribution in [0.2, 0.25) is 0 Å². The first-order chi connectivity index (χ1) is 15.2. The summed E-state index contributed by atoms with van der Waals surface area (Å²) in [4.78, 5) is 13.7. The smallest absolute Gasteiger partial charge is 0.416 e. The molecule has 9 heteroatoms. The van der Waals surface area contributed by atoms with Crippen LogP contribution in [0.25, 0.3) is 0 Å². The zero-order chi connectivity index (χ0) is 23.3. The monoisotopic (exact) mass is 455 g/mol. The fraction of sp³-hybridized carbons (Fsp3) is 0.348. The van der Waals surface area contributed by atoms with E-state index in [2.05, 4.69) is 0 Å². The standard InChI is InChI=1S/C23H22F5NO3/c1-31-22(30)16-4-8-19(9-5-16)29-13-17(12-20(29)14-32-11-10-21(24)25)15-2-6-18(7-3-15)23(26,27)28/h2-10,17,20H,11-14H2,1H3/t17?,20-/m0/s1. The molecule has 0 aliphatic carbocycles. The molecule has 2 aromatic rings. The van der Waals surface area contributed by atoms with Crippen LogP contribution in [-0.2, 0) is 15.7 Å². The molecular weight excluding hydrogens is 433 g/mol. The fourth-order valence-corrected chi connectivity index (χ4v) is 3.81. The second-order valence-electron chi connectivity index (χ2n) is 7.43. The number of anilines is 1. The number of carbonyl (C=O) groups is 1. The Hall–Kier alpha value is -2.94. The van der Waals surface area contributed by atoms with Gasteiger partial charge in [-0.05, 0) is 48.4 Å². The maximum absolute atomic E-state index is 12.9. The van der Waals surface area contributed by atoms with Crippen LogP contribution in [0.4, 0.5) is 27.6 Å². The second kappa shape index (κ2) is 10.1. The van der Waals surface area contributed by atoms with Crippen molar-refractivity contribution in [1.29, 1.82) is 0 Å². The van der Waals surface area contributed by atoms with E-state index in [0.717, 1.165) is 23.4 Å². The highest BCUT2D eigenvalue weighted by Gasteiger charge is 2.34. The highest BCUT2D eigenvalue weighted by Crippen LogP contribution is 2.37. The molecule has 1 fully saturated rings. The van der Waals surface area contributed by atoms with Gasteiger partial charge < -0.3 is 14.4 Å². The summed E-state index contributed by atoms with van der Waals surface area (Å²) in [6.07, 6.45) is -4.98. The van der Waals surface area contributed by atoms with Gasteiger partial charge in [0.2, 0.25) is 0 Å². The lowest BCUT2D eigenvalue weighted by Gasteiger charge is -2.26. The SMILES string of the molecule is COC(=O)c1ccc(N2CC(c3ccc(C(F)(F)F)cc3)C[C@H]2COCC=C(F)F)cc1. The molecule has 2 aromatic carbocycles. The summed E-state index contributed by atoms with van der Waals surface area (Å²) in [6.45, 7) is 0.433. The Balaban J connectivity index is 1.79. The van der Waals surface area contributed by atoms with Gasteiger partial charge in [-0.1, -0.05) is 12.1 Å². The summed E-state index contributed by atoms with van der Waals surface area (Å²) < 4.78 is 73.2. The lowest BCUT2D eigenvalue weighted by Crippen LogP contribution is -2.33. The zero-order valence-corrected chi connectivity index (χ0v) is 17.2. The first-order valence-corrected chi connectivity index (χ1v) is 9.90. The Bertz CT molecular complexity index is 938. The zero-order valence-electron chi connectivity index (χ0n) is 17.2. The molecule has 0 aromatic heterocycles. The molecule has 0 saturated carbocycles. The quantitative estimate of drug-likeness (QED) is 0.307. The molecule has 1 aliphatic rings. The number of rotatable bonds is 7. The van der Waals surface area contributed by atoms with Gasteiger partial charge in [0.1, 0.15) is 0 Å². The van der Waals surface area contributed by atoms with E-state index in [1.165, 1.54) is 19.2 Å². The maximum atomic E-state index is 12.9. The van der Waals surface area contributed by atoms with Gasteiger partial charge in [-0.15, -0.1) is 0 Å². The largest absolute Gasteiger partial charge is 0.465 e. The molecular formula is C23H22F5NO3. The van der Waals surface area contributed by atoms with Crippen LogP contribution in [0.3, 0.4) is 0 Å². The highest BCUT2D eigenvalue weighted by molar-refractivity contribution is 5.89. The van der Waals surface area contributed by atoms with Crippen molar-refractivity contribution < 1.29 is 36.2 Å². The van der Waals surface area contributed by atoms with Crippen LogP contribution < -0.4 is 4.90 Å². The second-order valence-corrected chi connectivity index (χ2v) is 7.43. The lowest BCUT2D eigenvalue weighted by atomic mass is 9.95. The molecule has 32 heavy (non-hydrogen) atoms. The molecule has 1 unspecified atom stereocenters. The Labute approximate surface area is 182 Å². The number of benzene rings is 2. The molecule has 0 N–H and O–H groups in total. The first kappa shape index (κ1) is 23.7. The average Bonchev–Trinajstić information content (AvgIpc) is 3.20. The molecule has 172 valence electrons. The maximum Gasteiger partial charge on any atom is 0.416 e. The van der Waals surface area contributed by atoms with Crippen LogP contribution in [-0.4, -0.2) is 38.9 Å². The van der Waals surface area contributed by atoms with E-state index in [1.807, 2.05) is 4.90 Å². The molecule has 0 bridgehead atoms. The van der Waals surface area contributed by atoms with Gasteiger partial charge in [-0.3, -0.25) is 0 Å². The van der Waals surface area contributed by atoms with Gasteiger partial charge in [0.25, 0.3) is 6.08 Å². The summed E-state index contributed by atoms with van der Waals surface area (Å²) in [5.74, 6) is -0.542. The van der Waals surface area contributed by atoms with Gasteiger partial charge in [0, 0.05) is 24.2 Å². The predicted molar refractivity (Wildman–Crippen MR) is 109 cm³/mol. The van der Waals surface area contributed by atoms with Crippen LogP contribution in [0.1, 0.15) is 33.8 Å². The van der Waals surface area contributed by atoms with Crippen molar-refractivity contribution in [3.8, 4) is 0 Å². The fourth-order valence-electron chi connectivity index (χ4n) is 3.81. The number of methoxy groups -OCH3 is 1. The van der Waals surface area contributed by atoms with Gasteiger partial charge in [-0.2, -0.15) is 22.0 Å². The number of nitrogens with zero attached hydrogens (tertiary/aromatic N) is 1. The normalized spacial score (nSPS) is 18.5. The van der Waals surface area contributed by atoms with Crippen LogP contribution in [0, 0.1) is 0 Å². The number of hydrogen-bond acceptors (Lipinski definition) is 4. The van der Waals surface area contributed by atoms with Gasteiger partial charge in [-0.25, -0.2) is 4.79 Å². The molecule has 0 spiro atoms. The van der Waals surface area contributed by atoms with Crippen molar-refractivity contribution in [3.05, 3.63) is 77.4 Å². The van der Waals surface area contributed by atoms with E-state index in [0.29, 0.717) is 24.6 Å². The van der Waals surface area contributed by atoms with Gasteiger partial charge >= 0.3 is 12.1 Å². The van der Waals surface area contributed by atoms with E-state index in [4.69, 9.17) is 9.47 Å². The van der Waals surface area contributed by atoms with Gasteiger partial charge in [0.05, 0.1) is 37.5 Å². The summed E-state index contributed by atoms with van der Waals surface area (Å²) in [5.41, 5.74) is 1.21. The Morgan fingerprint density at radius 2 is 1.75 bits per heavy atom.